The van der Waals surface area contributed by atoms with Gasteiger partial charge in [-0.15, -0.1) is 0 Å². The van der Waals surface area contributed by atoms with Crippen LogP contribution in [0, 0.1) is 23.7 Å². The summed E-state index contributed by atoms with van der Waals surface area (Å²) in [6, 6.07) is 3.42. The summed E-state index contributed by atoms with van der Waals surface area (Å²) >= 11 is 6.69. The Bertz CT molecular complexity index is 1200. The molecule has 2 unspecified atom stereocenters. The van der Waals surface area contributed by atoms with Crippen molar-refractivity contribution >= 4 is 67.5 Å². The van der Waals surface area contributed by atoms with Crippen molar-refractivity contribution in [2.75, 3.05) is 13.1 Å². The van der Waals surface area contributed by atoms with Crippen molar-refractivity contribution < 1.29 is 9.59 Å². The number of nitrogens with one attached hydrogen (secondary N) is 4. The number of halogens is 2. The third-order valence-electron chi connectivity index (χ3n) is 6.61. The number of aromatic nitrogens is 2. The lowest BCUT2D eigenvalue weighted by Gasteiger charge is -2.51. The highest BCUT2D eigenvalue weighted by molar-refractivity contribution is 9.10. The number of aromatic amines is 2. The Hall–Kier alpha value is -2.94. The maximum absolute atomic E-state index is 12.7. The average molecular weight is 620 g/mol. The summed E-state index contributed by atoms with van der Waals surface area (Å²) in [7, 11) is 0. The number of nitrogens with zero attached hydrogens (tertiary/aromatic N) is 4. The summed E-state index contributed by atoms with van der Waals surface area (Å²) in [4.78, 5) is 48.7. The summed E-state index contributed by atoms with van der Waals surface area (Å²) in [6.45, 7) is 0.702. The Labute approximate surface area is 222 Å². The van der Waals surface area contributed by atoms with Gasteiger partial charge in [0.25, 0.3) is 11.8 Å². The fraction of sp³-hybridized carbons (Fsp3) is 0.364. The molecule has 8 N–H and O–H groups in total. The van der Waals surface area contributed by atoms with Gasteiger partial charge in [0.05, 0.1) is 11.4 Å². The van der Waals surface area contributed by atoms with Gasteiger partial charge in [0.2, 0.25) is 0 Å². The molecule has 36 heavy (non-hydrogen) atoms. The third kappa shape index (κ3) is 4.98. The molecule has 3 aliphatic rings. The van der Waals surface area contributed by atoms with Crippen molar-refractivity contribution in [3.05, 3.63) is 44.9 Å². The van der Waals surface area contributed by atoms with Gasteiger partial charge in [-0.25, -0.2) is 9.98 Å². The van der Waals surface area contributed by atoms with Crippen LogP contribution in [-0.4, -0.2) is 71.3 Å². The summed E-state index contributed by atoms with van der Waals surface area (Å²) in [5, 5.41) is 6.01. The molecule has 2 aliphatic heterocycles. The van der Waals surface area contributed by atoms with Crippen LogP contribution in [0.1, 0.15) is 21.0 Å². The lowest BCUT2D eigenvalue weighted by atomic mass is 9.53. The van der Waals surface area contributed by atoms with Gasteiger partial charge < -0.3 is 20.6 Å². The van der Waals surface area contributed by atoms with Crippen LogP contribution in [-0.2, 0) is 0 Å². The highest BCUT2D eigenvalue weighted by Gasteiger charge is 2.54. The van der Waals surface area contributed by atoms with Crippen molar-refractivity contribution in [2.24, 2.45) is 55.1 Å². The zero-order chi connectivity index (χ0) is 25.4. The van der Waals surface area contributed by atoms with Gasteiger partial charge >= 0.3 is 0 Å². The van der Waals surface area contributed by atoms with Crippen molar-refractivity contribution in [3.8, 4) is 0 Å². The fourth-order valence-corrected chi connectivity index (χ4v) is 5.67. The first-order valence-corrected chi connectivity index (χ1v) is 12.9. The minimum Gasteiger partial charge on any atom is -0.356 e. The Morgan fingerprint density at radius 2 is 1.22 bits per heavy atom. The van der Waals surface area contributed by atoms with Crippen LogP contribution in [0.4, 0.5) is 0 Å². The summed E-state index contributed by atoms with van der Waals surface area (Å²) in [5.41, 5.74) is 14.2. The monoisotopic (exact) mass is 618 g/mol. The number of carbonyl (C=O) groups is 2. The molecular weight excluding hydrogens is 596 g/mol. The number of amides is 2. The summed E-state index contributed by atoms with van der Waals surface area (Å²) < 4.78 is 1.57. The molecular formula is C22H24Br2N10O2. The highest BCUT2D eigenvalue weighted by atomic mass is 79.9. The van der Waals surface area contributed by atoms with Crippen LogP contribution in [0.25, 0.3) is 0 Å². The minimum atomic E-state index is -0.654. The Morgan fingerprint density at radius 3 is 1.53 bits per heavy atom. The molecule has 5 rings (SSSR count). The van der Waals surface area contributed by atoms with E-state index in [0.29, 0.717) is 24.5 Å². The van der Waals surface area contributed by atoms with Crippen molar-refractivity contribution in [2.45, 2.75) is 12.6 Å². The molecule has 14 heteroatoms. The Morgan fingerprint density at radius 1 is 0.806 bits per heavy atom. The molecule has 0 spiro atoms. The normalized spacial score (nSPS) is 28.6. The predicted molar refractivity (Wildman–Crippen MR) is 143 cm³/mol. The Kier molecular flexibility index (Phi) is 7.01. The molecule has 12 nitrogen and oxygen atoms in total. The van der Waals surface area contributed by atoms with E-state index in [0.717, 1.165) is 20.4 Å². The molecule has 1 fully saturated rings. The molecule has 0 aromatic carbocycles. The quantitative estimate of drug-likeness (QED) is 0.257. The van der Waals surface area contributed by atoms with E-state index in [9.17, 15) is 9.59 Å². The molecule has 0 radical (unpaired) electrons. The fourth-order valence-electron chi connectivity index (χ4n) is 4.98. The number of hydrogen-bond acceptors (Lipinski definition) is 8. The number of aliphatic imine (C=N–C) groups is 4. The van der Waals surface area contributed by atoms with E-state index in [1.165, 1.54) is 0 Å². The standard InChI is InChI=1S/C22H24Br2N10O2/c23-9-1-13(27-3-9)19(35)29-5-11-12(6-30-20(36)14-2-10(24)4-28-14)18(16-8-32-22(26)34-16)17(11)15-7-31-21(25)33-15/h1-4,7-8,11-12,17-18,21-22,27-28H,5-6,25-26H2,(H,29,35)(H,30,36)/t11-,12-,17-,18-,21?,22?/m1/s1. The van der Waals surface area contributed by atoms with Gasteiger partial charge in [0.15, 0.2) is 12.6 Å². The zero-order valence-corrected chi connectivity index (χ0v) is 22.0. The van der Waals surface area contributed by atoms with E-state index in [1.54, 1.807) is 37.0 Å². The molecule has 6 atom stereocenters. The second-order valence-corrected chi connectivity index (χ2v) is 10.6. The van der Waals surface area contributed by atoms with E-state index in [4.69, 9.17) is 11.5 Å². The molecule has 4 heterocycles. The summed E-state index contributed by atoms with van der Waals surface area (Å²) in [6.07, 6.45) is 5.44. The summed E-state index contributed by atoms with van der Waals surface area (Å²) in [5.74, 6) is -0.872. The van der Waals surface area contributed by atoms with Gasteiger partial charge in [0, 0.05) is 58.7 Å². The molecule has 0 bridgehead atoms. The van der Waals surface area contributed by atoms with E-state index in [1.807, 2.05) is 0 Å². The lowest BCUT2D eigenvalue weighted by Crippen LogP contribution is -2.60. The minimum absolute atomic E-state index is 0.0727. The second-order valence-electron chi connectivity index (χ2n) is 8.75. The van der Waals surface area contributed by atoms with Crippen LogP contribution in [0.5, 0.6) is 0 Å². The van der Waals surface area contributed by atoms with Crippen LogP contribution in [0.3, 0.4) is 0 Å². The molecule has 2 aromatic heterocycles. The zero-order valence-electron chi connectivity index (χ0n) is 18.9. The lowest BCUT2D eigenvalue weighted by molar-refractivity contribution is 0.0620. The van der Waals surface area contributed by atoms with Gasteiger partial charge in [-0.1, -0.05) is 0 Å². The topological polar surface area (TPSA) is 191 Å². The molecule has 188 valence electrons. The molecule has 2 aromatic rings. The second kappa shape index (κ2) is 10.2. The van der Waals surface area contributed by atoms with Crippen LogP contribution >= 0.6 is 31.9 Å². The van der Waals surface area contributed by atoms with Crippen molar-refractivity contribution in [1.82, 2.24) is 20.6 Å². The van der Waals surface area contributed by atoms with Crippen LogP contribution in [0.15, 0.2) is 53.4 Å². The maximum atomic E-state index is 12.7. The third-order valence-corrected chi connectivity index (χ3v) is 7.52. The van der Waals surface area contributed by atoms with E-state index in [2.05, 4.69) is 72.4 Å². The van der Waals surface area contributed by atoms with E-state index < -0.39 is 12.6 Å². The number of H-pyrrole nitrogens is 2. The van der Waals surface area contributed by atoms with Gasteiger partial charge in [-0.2, -0.15) is 0 Å². The SMILES string of the molecule is NC1N=CC([C@H]2[C@H](CNC(=O)c3cc(Br)c[nH]3)[C@@H](CNC(=O)c3cc(Br)c[nH]3)[C@@H]2C2=NC(N)N=C2)=N1. The van der Waals surface area contributed by atoms with E-state index >= 15 is 0 Å². The molecule has 0 saturated heterocycles. The number of hydrogen-bond donors (Lipinski definition) is 6. The highest BCUT2D eigenvalue weighted by Crippen LogP contribution is 2.48. The smallest absolute Gasteiger partial charge is 0.267 e. The molecule has 2 amide bonds. The molecule has 1 saturated carbocycles. The number of carbonyl (C=O) groups excluding carboxylic acids is 2. The van der Waals surface area contributed by atoms with Gasteiger partial charge in [-0.3, -0.25) is 31.0 Å². The average Bonchev–Trinajstić information content (AvgIpc) is 3.63. The first-order valence-electron chi connectivity index (χ1n) is 11.3. The van der Waals surface area contributed by atoms with Crippen LogP contribution < -0.4 is 22.1 Å². The largest absolute Gasteiger partial charge is 0.356 e. The van der Waals surface area contributed by atoms with Crippen molar-refractivity contribution in [3.63, 3.8) is 0 Å². The van der Waals surface area contributed by atoms with E-state index in [-0.39, 0.29) is 35.5 Å². The maximum Gasteiger partial charge on any atom is 0.267 e. The van der Waals surface area contributed by atoms with Crippen molar-refractivity contribution in [1.29, 1.82) is 0 Å². The number of nitrogens with two attached hydrogens (primary N) is 2. The Balaban J connectivity index is 1.38. The first-order chi connectivity index (χ1) is 17.3. The first kappa shape index (κ1) is 24.7. The van der Waals surface area contributed by atoms with Gasteiger partial charge in [-0.05, 0) is 55.8 Å². The number of rotatable bonds is 8. The molecule has 1 aliphatic carbocycles. The van der Waals surface area contributed by atoms with Crippen LogP contribution in [0.2, 0.25) is 0 Å². The van der Waals surface area contributed by atoms with Gasteiger partial charge in [0.1, 0.15) is 11.4 Å². The predicted octanol–water partition coefficient (Wildman–Crippen LogP) is 1.04.